The molecular weight excluding hydrogens is 372 g/mol. The third-order valence-electron chi connectivity index (χ3n) is 5.46. The number of benzene rings is 2. The van der Waals surface area contributed by atoms with Crippen LogP contribution in [0.25, 0.3) is 0 Å². The van der Waals surface area contributed by atoms with Crippen molar-refractivity contribution in [2.24, 2.45) is 0 Å². The maximum absolute atomic E-state index is 9.65. The normalized spacial score (nSPS) is 10.7. The van der Waals surface area contributed by atoms with Crippen LogP contribution < -0.4 is 0 Å². The highest BCUT2D eigenvalue weighted by molar-refractivity contribution is 5.45. The number of rotatable bonds is 12. The summed E-state index contributed by atoms with van der Waals surface area (Å²) in [5.74, 6) is 0.652. The van der Waals surface area contributed by atoms with Gasteiger partial charge in [0.05, 0.1) is 0 Å². The molecule has 0 atom stereocenters. The minimum absolute atomic E-state index is 0.00231. The fraction of sp³-hybridized carbons (Fsp3) is 0.556. The molecule has 3 N–H and O–H groups in total. The van der Waals surface area contributed by atoms with E-state index in [9.17, 15) is 10.2 Å². The largest absolute Gasteiger partial charge is 0.508 e. The molecule has 0 saturated carbocycles. The monoisotopic (exact) mass is 414 g/mol. The Labute approximate surface area is 183 Å². The number of phenols is 3. The number of para-hydroxylation sites is 2. The van der Waals surface area contributed by atoms with Gasteiger partial charge in [0.15, 0.2) is 11.5 Å². The first-order valence-corrected chi connectivity index (χ1v) is 11.7. The molecule has 3 heteroatoms. The van der Waals surface area contributed by atoms with Crippen molar-refractivity contribution >= 4 is 0 Å². The van der Waals surface area contributed by atoms with Crippen molar-refractivity contribution in [2.75, 3.05) is 0 Å². The number of phenolic OH excluding ortho intramolecular Hbond substituents is 3. The van der Waals surface area contributed by atoms with Crippen molar-refractivity contribution in [3.63, 3.8) is 0 Å². The summed E-state index contributed by atoms with van der Waals surface area (Å²) < 4.78 is 0. The topological polar surface area (TPSA) is 60.7 Å². The minimum atomic E-state index is -0.0452. The van der Waals surface area contributed by atoms with Gasteiger partial charge in [-0.1, -0.05) is 109 Å². The Bertz CT molecular complexity index is 694. The highest BCUT2D eigenvalue weighted by Crippen LogP contribution is 2.32. The van der Waals surface area contributed by atoms with E-state index in [0.717, 1.165) is 17.5 Å². The Balaban J connectivity index is 0.000000346. The van der Waals surface area contributed by atoms with Gasteiger partial charge in [-0.15, -0.1) is 0 Å². The zero-order chi connectivity index (χ0) is 22.2. The van der Waals surface area contributed by atoms with Gasteiger partial charge in [0.1, 0.15) is 5.75 Å². The van der Waals surface area contributed by atoms with Crippen LogP contribution in [0.5, 0.6) is 17.2 Å². The van der Waals surface area contributed by atoms with Crippen LogP contribution in [0.4, 0.5) is 0 Å². The van der Waals surface area contributed by atoms with E-state index < -0.39 is 0 Å². The van der Waals surface area contributed by atoms with Crippen molar-refractivity contribution in [1.29, 1.82) is 0 Å². The lowest BCUT2D eigenvalue weighted by Crippen LogP contribution is -1.87. The Morgan fingerprint density at radius 2 is 1.17 bits per heavy atom. The zero-order valence-electron chi connectivity index (χ0n) is 19.2. The lowest BCUT2D eigenvalue weighted by atomic mass is 10.0. The van der Waals surface area contributed by atoms with Gasteiger partial charge >= 0.3 is 0 Å². The maximum Gasteiger partial charge on any atom is 0.160 e. The quantitative estimate of drug-likeness (QED) is 0.243. The van der Waals surface area contributed by atoms with E-state index in [0.29, 0.717) is 5.75 Å². The smallest absolute Gasteiger partial charge is 0.160 e. The molecule has 0 fully saturated rings. The molecule has 0 radical (unpaired) electrons. The molecule has 0 aliphatic heterocycles. The molecule has 0 aliphatic rings. The molecule has 2 rings (SSSR count). The van der Waals surface area contributed by atoms with E-state index in [4.69, 9.17) is 5.11 Å². The van der Waals surface area contributed by atoms with Crippen LogP contribution in [0.3, 0.4) is 0 Å². The molecule has 0 saturated heterocycles. The molecule has 0 aromatic heterocycles. The molecule has 168 valence electrons. The van der Waals surface area contributed by atoms with Gasteiger partial charge in [-0.05, 0) is 36.5 Å². The molecule has 0 heterocycles. The summed E-state index contributed by atoms with van der Waals surface area (Å²) in [6, 6.07) is 12.7. The Morgan fingerprint density at radius 1 is 0.633 bits per heavy atom. The summed E-state index contributed by atoms with van der Waals surface area (Å²) in [6.07, 6.45) is 14.6. The van der Waals surface area contributed by atoms with E-state index >= 15 is 0 Å². The third-order valence-corrected chi connectivity index (χ3v) is 5.46. The second kappa shape index (κ2) is 15.6. The van der Waals surface area contributed by atoms with Crippen LogP contribution in [0.15, 0.2) is 42.5 Å². The Morgan fingerprint density at radius 3 is 1.70 bits per heavy atom. The number of aryl methyl sites for hydroxylation is 1. The summed E-state index contributed by atoms with van der Waals surface area (Å²) in [4.78, 5) is 0. The molecule has 3 nitrogen and oxygen atoms in total. The molecule has 30 heavy (non-hydrogen) atoms. The van der Waals surface area contributed by atoms with Crippen molar-refractivity contribution in [2.45, 2.75) is 97.3 Å². The molecule has 2 aromatic rings. The zero-order valence-corrected chi connectivity index (χ0v) is 19.2. The average Bonchev–Trinajstić information content (AvgIpc) is 2.73. The molecule has 0 amide bonds. The van der Waals surface area contributed by atoms with E-state index in [1.165, 1.54) is 70.3 Å². The molecule has 2 aromatic carbocycles. The first-order valence-electron chi connectivity index (χ1n) is 11.7. The molecular formula is C27H42O3. The number of hydrogen-bond acceptors (Lipinski definition) is 3. The maximum atomic E-state index is 9.65. The lowest BCUT2D eigenvalue weighted by molar-refractivity contribution is 0.397. The SMILES string of the molecule is CC(C)c1cccc(O)c1O.CCCCCCCCCCCCc1ccccc1O. The third kappa shape index (κ3) is 10.6. The molecule has 0 bridgehead atoms. The van der Waals surface area contributed by atoms with E-state index in [-0.39, 0.29) is 17.4 Å². The summed E-state index contributed by atoms with van der Waals surface area (Å²) in [5.41, 5.74) is 1.88. The van der Waals surface area contributed by atoms with Crippen LogP contribution in [-0.4, -0.2) is 15.3 Å². The minimum Gasteiger partial charge on any atom is -0.508 e. The Kier molecular flexibility index (Phi) is 13.5. The highest BCUT2D eigenvalue weighted by Gasteiger charge is 2.07. The van der Waals surface area contributed by atoms with Gasteiger partial charge in [0.25, 0.3) is 0 Å². The van der Waals surface area contributed by atoms with Crippen LogP contribution in [-0.2, 0) is 6.42 Å². The van der Waals surface area contributed by atoms with E-state index in [2.05, 4.69) is 6.92 Å². The van der Waals surface area contributed by atoms with Crippen molar-refractivity contribution < 1.29 is 15.3 Å². The first kappa shape index (κ1) is 25.9. The lowest BCUT2D eigenvalue weighted by Gasteiger charge is -2.08. The van der Waals surface area contributed by atoms with Crippen LogP contribution >= 0.6 is 0 Å². The fourth-order valence-electron chi connectivity index (χ4n) is 3.54. The molecule has 0 spiro atoms. The summed E-state index contributed by atoms with van der Waals surface area (Å²) in [6.45, 7) is 6.20. The van der Waals surface area contributed by atoms with E-state index in [1.807, 2.05) is 32.0 Å². The van der Waals surface area contributed by atoms with Crippen LogP contribution in [0.1, 0.15) is 102 Å². The van der Waals surface area contributed by atoms with E-state index in [1.54, 1.807) is 18.2 Å². The summed E-state index contributed by atoms with van der Waals surface area (Å²) in [7, 11) is 0. The predicted molar refractivity (Wildman–Crippen MR) is 128 cm³/mol. The van der Waals surface area contributed by atoms with Gasteiger partial charge in [0, 0.05) is 5.56 Å². The standard InChI is InChI=1S/C18H30O.C9H12O2/c1-2-3-4-5-6-7-8-9-10-11-14-17-15-12-13-16-18(17)19;1-6(2)7-4-3-5-8(10)9(7)11/h12-13,15-16,19H,2-11,14H2,1H3;3-6,10-11H,1-2H3. The molecule has 0 aliphatic carbocycles. The first-order chi connectivity index (χ1) is 14.5. The number of hydrogen-bond donors (Lipinski definition) is 3. The van der Waals surface area contributed by atoms with Crippen molar-refractivity contribution in [3.8, 4) is 17.2 Å². The number of unbranched alkanes of at least 4 members (excludes halogenated alkanes) is 9. The second-order valence-electron chi connectivity index (χ2n) is 8.43. The van der Waals surface area contributed by atoms with Crippen molar-refractivity contribution in [1.82, 2.24) is 0 Å². The van der Waals surface area contributed by atoms with Gasteiger partial charge in [0.2, 0.25) is 0 Å². The average molecular weight is 415 g/mol. The van der Waals surface area contributed by atoms with Gasteiger partial charge < -0.3 is 15.3 Å². The van der Waals surface area contributed by atoms with Crippen LogP contribution in [0.2, 0.25) is 0 Å². The Hall–Kier alpha value is -2.16. The molecule has 0 unspecified atom stereocenters. The van der Waals surface area contributed by atoms with Gasteiger partial charge in [-0.2, -0.15) is 0 Å². The predicted octanol–water partition coefficient (Wildman–Crippen LogP) is 8.08. The summed E-state index contributed by atoms with van der Waals surface area (Å²) in [5, 5.41) is 28.1. The fourth-order valence-corrected chi connectivity index (χ4v) is 3.54. The van der Waals surface area contributed by atoms with Crippen LogP contribution in [0, 0.1) is 0 Å². The summed E-state index contributed by atoms with van der Waals surface area (Å²) >= 11 is 0. The van der Waals surface area contributed by atoms with Gasteiger partial charge in [-0.3, -0.25) is 0 Å². The highest BCUT2D eigenvalue weighted by atomic mass is 16.3. The van der Waals surface area contributed by atoms with Crippen molar-refractivity contribution in [3.05, 3.63) is 53.6 Å². The number of aromatic hydroxyl groups is 3. The second-order valence-corrected chi connectivity index (χ2v) is 8.43. The van der Waals surface area contributed by atoms with Gasteiger partial charge in [-0.25, -0.2) is 0 Å².